The van der Waals surface area contributed by atoms with Crippen molar-refractivity contribution in [3.05, 3.63) is 28.2 Å². The molecule has 7 heteroatoms. The standard InChI is InChI=1S/C11H11BrF3NO2/c1-10(2,9(16)17)18-8-4-6(11(13,14)15)3-7(12)5-8/h3-5H,1-2H3,(H2,16,17). The van der Waals surface area contributed by atoms with E-state index in [-0.39, 0.29) is 10.2 Å². The van der Waals surface area contributed by atoms with E-state index in [1.54, 1.807) is 0 Å². The minimum atomic E-state index is -4.49. The minimum absolute atomic E-state index is 0.0829. The lowest BCUT2D eigenvalue weighted by Gasteiger charge is -2.23. The third kappa shape index (κ3) is 3.63. The molecule has 0 saturated heterocycles. The molecule has 0 aliphatic heterocycles. The van der Waals surface area contributed by atoms with Crippen LogP contribution in [0.5, 0.6) is 5.75 Å². The van der Waals surface area contributed by atoms with Gasteiger partial charge in [0.25, 0.3) is 5.91 Å². The van der Waals surface area contributed by atoms with Gasteiger partial charge in [-0.1, -0.05) is 15.9 Å². The second kappa shape index (κ2) is 4.79. The quantitative estimate of drug-likeness (QED) is 0.928. The van der Waals surface area contributed by atoms with Gasteiger partial charge in [0.2, 0.25) is 0 Å². The summed E-state index contributed by atoms with van der Waals surface area (Å²) in [4.78, 5) is 11.1. The highest BCUT2D eigenvalue weighted by atomic mass is 79.9. The molecular weight excluding hydrogens is 315 g/mol. The number of ether oxygens (including phenoxy) is 1. The number of alkyl halides is 3. The van der Waals surface area contributed by atoms with Crippen molar-refractivity contribution in [2.24, 2.45) is 5.73 Å². The van der Waals surface area contributed by atoms with Gasteiger partial charge in [0.15, 0.2) is 5.60 Å². The van der Waals surface area contributed by atoms with Gasteiger partial charge in [-0.2, -0.15) is 13.2 Å². The average Bonchev–Trinajstić information content (AvgIpc) is 2.13. The molecule has 2 N–H and O–H groups in total. The molecule has 1 rings (SSSR count). The lowest BCUT2D eigenvalue weighted by atomic mass is 10.1. The van der Waals surface area contributed by atoms with Crippen LogP contribution in [0.4, 0.5) is 13.2 Å². The van der Waals surface area contributed by atoms with Crippen molar-refractivity contribution >= 4 is 21.8 Å². The van der Waals surface area contributed by atoms with Gasteiger partial charge in [-0.25, -0.2) is 0 Å². The van der Waals surface area contributed by atoms with E-state index in [1.165, 1.54) is 19.9 Å². The fourth-order valence-electron chi connectivity index (χ4n) is 1.13. The van der Waals surface area contributed by atoms with E-state index in [9.17, 15) is 18.0 Å². The second-order valence-corrected chi connectivity index (χ2v) is 5.07. The molecule has 1 aromatic rings. The third-order valence-electron chi connectivity index (χ3n) is 2.17. The Morgan fingerprint density at radius 1 is 1.28 bits per heavy atom. The number of rotatable bonds is 3. The zero-order valence-corrected chi connectivity index (χ0v) is 11.2. The van der Waals surface area contributed by atoms with Crippen molar-refractivity contribution in [1.82, 2.24) is 0 Å². The first-order valence-corrected chi connectivity index (χ1v) is 5.68. The maximum atomic E-state index is 12.6. The normalized spacial score (nSPS) is 12.3. The molecule has 0 atom stereocenters. The Bertz CT molecular complexity index is 472. The fraction of sp³-hybridized carbons (Fsp3) is 0.364. The first-order valence-electron chi connectivity index (χ1n) is 4.89. The predicted octanol–water partition coefficient (Wildman–Crippen LogP) is 3.11. The molecule has 0 aliphatic carbocycles. The summed E-state index contributed by atoms with van der Waals surface area (Å²) in [7, 11) is 0. The lowest BCUT2D eigenvalue weighted by Crippen LogP contribution is -2.43. The van der Waals surface area contributed by atoms with Crippen LogP contribution in [0.15, 0.2) is 22.7 Å². The van der Waals surface area contributed by atoms with E-state index in [0.29, 0.717) is 0 Å². The maximum Gasteiger partial charge on any atom is 0.416 e. The number of carbonyl (C=O) groups excluding carboxylic acids is 1. The molecule has 0 aliphatic rings. The minimum Gasteiger partial charge on any atom is -0.478 e. The molecule has 1 amide bonds. The highest BCUT2D eigenvalue weighted by Gasteiger charge is 2.33. The number of halogens is 4. The molecule has 0 fully saturated rings. The SMILES string of the molecule is CC(C)(Oc1cc(Br)cc(C(F)(F)F)c1)C(N)=O. The van der Waals surface area contributed by atoms with Crippen LogP contribution < -0.4 is 10.5 Å². The molecule has 0 saturated carbocycles. The topological polar surface area (TPSA) is 52.3 Å². The smallest absolute Gasteiger partial charge is 0.416 e. The summed E-state index contributed by atoms with van der Waals surface area (Å²) in [5.74, 6) is -0.850. The van der Waals surface area contributed by atoms with Gasteiger partial charge >= 0.3 is 6.18 Å². The zero-order chi connectivity index (χ0) is 14.1. The summed E-state index contributed by atoms with van der Waals surface area (Å²) in [5, 5.41) is 0. The number of carbonyl (C=O) groups is 1. The van der Waals surface area contributed by atoms with Crippen LogP contribution in [0, 0.1) is 0 Å². The summed E-state index contributed by atoms with van der Waals surface area (Å²) >= 11 is 2.95. The van der Waals surface area contributed by atoms with E-state index in [0.717, 1.165) is 12.1 Å². The molecule has 3 nitrogen and oxygen atoms in total. The van der Waals surface area contributed by atoms with E-state index in [2.05, 4.69) is 15.9 Å². The third-order valence-corrected chi connectivity index (χ3v) is 2.62. The van der Waals surface area contributed by atoms with Crippen molar-refractivity contribution in [2.45, 2.75) is 25.6 Å². The predicted molar refractivity (Wildman–Crippen MR) is 63.0 cm³/mol. The largest absolute Gasteiger partial charge is 0.478 e. The second-order valence-electron chi connectivity index (χ2n) is 4.15. The Morgan fingerprint density at radius 2 is 1.83 bits per heavy atom. The summed E-state index contributed by atoms with van der Waals surface area (Å²) in [6, 6.07) is 3.07. The van der Waals surface area contributed by atoms with Crippen LogP contribution in [0.3, 0.4) is 0 Å². The average molecular weight is 326 g/mol. The van der Waals surface area contributed by atoms with E-state index < -0.39 is 23.2 Å². The Hall–Kier alpha value is -1.24. The van der Waals surface area contributed by atoms with Crippen molar-refractivity contribution in [3.63, 3.8) is 0 Å². The lowest BCUT2D eigenvalue weighted by molar-refractivity contribution is -0.137. The van der Waals surface area contributed by atoms with Gasteiger partial charge in [-0.3, -0.25) is 4.79 Å². The van der Waals surface area contributed by atoms with E-state index >= 15 is 0 Å². The number of hydrogen-bond donors (Lipinski definition) is 1. The van der Waals surface area contributed by atoms with Gasteiger partial charge < -0.3 is 10.5 Å². The first kappa shape index (κ1) is 14.8. The molecule has 0 bridgehead atoms. The number of primary amides is 1. The maximum absolute atomic E-state index is 12.6. The van der Waals surface area contributed by atoms with Crippen molar-refractivity contribution in [1.29, 1.82) is 0 Å². The van der Waals surface area contributed by atoms with Crippen LogP contribution in [0.25, 0.3) is 0 Å². The summed E-state index contributed by atoms with van der Waals surface area (Å²) in [6.07, 6.45) is -4.49. The van der Waals surface area contributed by atoms with Gasteiger partial charge in [0, 0.05) is 4.47 Å². The number of hydrogen-bond acceptors (Lipinski definition) is 2. The Kier molecular flexibility index (Phi) is 3.95. The van der Waals surface area contributed by atoms with Gasteiger partial charge in [0.1, 0.15) is 5.75 Å². The van der Waals surface area contributed by atoms with Gasteiger partial charge in [0.05, 0.1) is 5.56 Å². The van der Waals surface area contributed by atoms with Crippen LogP contribution in [0.2, 0.25) is 0 Å². The number of benzene rings is 1. The van der Waals surface area contributed by atoms with E-state index in [4.69, 9.17) is 10.5 Å². The Morgan fingerprint density at radius 3 is 2.28 bits per heavy atom. The summed E-state index contributed by atoms with van der Waals surface area (Å²) < 4.78 is 43.1. The molecule has 0 spiro atoms. The highest BCUT2D eigenvalue weighted by molar-refractivity contribution is 9.10. The fourth-order valence-corrected chi connectivity index (χ4v) is 1.60. The van der Waals surface area contributed by atoms with Crippen molar-refractivity contribution < 1.29 is 22.7 Å². The molecule has 1 aromatic carbocycles. The monoisotopic (exact) mass is 325 g/mol. The van der Waals surface area contributed by atoms with Crippen molar-refractivity contribution in [3.8, 4) is 5.75 Å². The summed E-state index contributed by atoms with van der Waals surface area (Å²) in [6.45, 7) is 2.76. The molecule has 0 radical (unpaired) electrons. The molecule has 18 heavy (non-hydrogen) atoms. The van der Waals surface area contributed by atoms with Gasteiger partial charge in [-0.15, -0.1) is 0 Å². The van der Waals surface area contributed by atoms with Crippen LogP contribution in [0.1, 0.15) is 19.4 Å². The number of nitrogens with two attached hydrogens (primary N) is 1. The zero-order valence-electron chi connectivity index (χ0n) is 9.64. The van der Waals surface area contributed by atoms with Crippen LogP contribution in [-0.4, -0.2) is 11.5 Å². The number of amides is 1. The van der Waals surface area contributed by atoms with Crippen LogP contribution in [-0.2, 0) is 11.0 Å². The Labute approximate surface area is 110 Å². The molecule has 0 unspecified atom stereocenters. The van der Waals surface area contributed by atoms with Crippen molar-refractivity contribution in [2.75, 3.05) is 0 Å². The molecule has 0 aromatic heterocycles. The van der Waals surface area contributed by atoms with Gasteiger partial charge in [-0.05, 0) is 32.0 Å². The van der Waals surface area contributed by atoms with E-state index in [1.807, 2.05) is 0 Å². The Balaban J connectivity index is 3.12. The van der Waals surface area contributed by atoms with Crippen LogP contribution >= 0.6 is 15.9 Å². The first-order chi connectivity index (χ1) is 8.02. The molecular formula is C11H11BrF3NO2. The summed E-state index contributed by atoms with van der Waals surface area (Å²) in [5.41, 5.74) is 2.83. The molecule has 0 heterocycles. The highest BCUT2D eigenvalue weighted by Crippen LogP contribution is 2.35. The molecule has 100 valence electrons.